The van der Waals surface area contributed by atoms with Crippen molar-refractivity contribution >= 4 is 29.9 Å². The van der Waals surface area contributed by atoms with Gasteiger partial charge in [0, 0.05) is 53.0 Å². The molecule has 31 heavy (non-hydrogen) atoms. The second kappa shape index (κ2) is 14.3. The fourth-order valence-electron chi connectivity index (χ4n) is 4.52. The molecule has 0 aromatic heterocycles. The van der Waals surface area contributed by atoms with Gasteiger partial charge in [0.2, 0.25) is 0 Å². The van der Waals surface area contributed by atoms with Gasteiger partial charge in [0.1, 0.15) is 0 Å². The first-order valence-corrected chi connectivity index (χ1v) is 11.6. The zero-order valence-electron chi connectivity index (χ0n) is 19.4. The Bertz CT molecular complexity index is 639. The molecule has 0 spiro atoms. The normalized spacial score (nSPS) is 24.6. The van der Waals surface area contributed by atoms with Crippen LogP contribution in [-0.2, 0) is 22.6 Å². The number of benzene rings is 1. The van der Waals surface area contributed by atoms with Crippen LogP contribution in [0.1, 0.15) is 44.2 Å². The third kappa shape index (κ3) is 9.63. The number of ether oxygens (including phenoxy) is 2. The molecule has 7 heteroatoms. The maximum atomic E-state index is 5.80. The van der Waals surface area contributed by atoms with Crippen molar-refractivity contribution < 1.29 is 9.47 Å². The molecule has 3 rings (SSSR count). The molecule has 2 heterocycles. The van der Waals surface area contributed by atoms with Gasteiger partial charge in [-0.1, -0.05) is 38.1 Å². The van der Waals surface area contributed by atoms with Crippen LogP contribution >= 0.6 is 24.0 Å². The summed E-state index contributed by atoms with van der Waals surface area (Å²) in [6.07, 6.45) is 3.62. The average Bonchev–Trinajstić information content (AvgIpc) is 3.24. The van der Waals surface area contributed by atoms with E-state index in [1.165, 1.54) is 30.6 Å². The van der Waals surface area contributed by atoms with Crippen molar-refractivity contribution in [1.82, 2.24) is 15.5 Å². The summed E-state index contributed by atoms with van der Waals surface area (Å²) in [7, 11) is 1.81. The van der Waals surface area contributed by atoms with Crippen molar-refractivity contribution in [2.75, 3.05) is 46.5 Å². The number of rotatable bonds is 9. The van der Waals surface area contributed by atoms with E-state index < -0.39 is 0 Å². The zero-order chi connectivity index (χ0) is 21.2. The third-order valence-corrected chi connectivity index (χ3v) is 5.91. The SMILES string of the molecule is CN=C(NCCCOC1CCOC1)NCc1ccc(CN2CC(C)CC(C)C2)cc1.I. The summed E-state index contributed by atoms with van der Waals surface area (Å²) in [5, 5.41) is 6.76. The summed E-state index contributed by atoms with van der Waals surface area (Å²) in [6, 6.07) is 8.98. The van der Waals surface area contributed by atoms with Gasteiger partial charge >= 0.3 is 0 Å². The highest BCUT2D eigenvalue weighted by molar-refractivity contribution is 14.0. The molecule has 2 aliphatic heterocycles. The molecular weight excluding hydrogens is 503 g/mol. The first-order chi connectivity index (χ1) is 14.6. The van der Waals surface area contributed by atoms with Gasteiger partial charge in [-0.25, -0.2) is 0 Å². The molecule has 6 nitrogen and oxygen atoms in total. The Balaban J connectivity index is 0.00000341. The lowest BCUT2D eigenvalue weighted by Crippen LogP contribution is -2.38. The van der Waals surface area contributed by atoms with E-state index in [9.17, 15) is 0 Å². The van der Waals surface area contributed by atoms with Crippen molar-refractivity contribution in [3.05, 3.63) is 35.4 Å². The molecule has 0 amide bonds. The van der Waals surface area contributed by atoms with Gasteiger partial charge in [-0.15, -0.1) is 24.0 Å². The minimum Gasteiger partial charge on any atom is -0.379 e. The fourth-order valence-corrected chi connectivity index (χ4v) is 4.52. The minimum absolute atomic E-state index is 0. The summed E-state index contributed by atoms with van der Waals surface area (Å²) in [5.41, 5.74) is 2.67. The van der Waals surface area contributed by atoms with Gasteiger partial charge in [0.25, 0.3) is 0 Å². The number of guanidine groups is 1. The molecule has 0 bridgehead atoms. The largest absolute Gasteiger partial charge is 0.379 e. The lowest BCUT2D eigenvalue weighted by atomic mass is 9.91. The van der Waals surface area contributed by atoms with Crippen molar-refractivity contribution in [3.63, 3.8) is 0 Å². The van der Waals surface area contributed by atoms with Crippen LogP contribution < -0.4 is 10.6 Å². The van der Waals surface area contributed by atoms with E-state index in [0.717, 1.165) is 70.1 Å². The highest BCUT2D eigenvalue weighted by Gasteiger charge is 2.21. The lowest BCUT2D eigenvalue weighted by Gasteiger charge is -2.35. The maximum absolute atomic E-state index is 5.80. The Hall–Kier alpha value is -0.900. The average molecular weight is 545 g/mol. The predicted molar refractivity (Wildman–Crippen MR) is 138 cm³/mol. The van der Waals surface area contributed by atoms with Crippen LogP contribution in [0.4, 0.5) is 0 Å². The summed E-state index contributed by atoms with van der Waals surface area (Å²) in [6.45, 7) is 12.2. The standard InChI is InChI=1S/C24H40N4O2.HI/c1-19-13-20(2)16-28(15-19)17-22-7-5-21(6-8-22)14-27-24(25-3)26-10-4-11-30-23-9-12-29-18-23;/h5-8,19-20,23H,4,9-18H2,1-3H3,(H2,25,26,27);1H. The van der Waals surface area contributed by atoms with E-state index >= 15 is 0 Å². The molecule has 2 saturated heterocycles. The smallest absolute Gasteiger partial charge is 0.191 e. The molecule has 1 aromatic carbocycles. The number of piperidine rings is 1. The van der Waals surface area contributed by atoms with E-state index in [1.54, 1.807) is 0 Å². The van der Waals surface area contributed by atoms with E-state index in [1.807, 2.05) is 7.05 Å². The zero-order valence-corrected chi connectivity index (χ0v) is 21.8. The number of nitrogens with zero attached hydrogens (tertiary/aromatic N) is 2. The van der Waals surface area contributed by atoms with Crippen molar-refractivity contribution in [2.24, 2.45) is 16.8 Å². The molecule has 2 fully saturated rings. The van der Waals surface area contributed by atoms with Gasteiger partial charge in [0.05, 0.1) is 12.7 Å². The summed E-state index contributed by atoms with van der Waals surface area (Å²) in [5.74, 6) is 2.44. The number of halogens is 1. The quantitative estimate of drug-likeness (QED) is 0.215. The second-order valence-corrected chi connectivity index (χ2v) is 9.02. The Morgan fingerprint density at radius 3 is 2.48 bits per heavy atom. The van der Waals surface area contributed by atoms with Crippen molar-refractivity contribution in [3.8, 4) is 0 Å². The number of aliphatic imine (C=N–C) groups is 1. The fraction of sp³-hybridized carbons (Fsp3) is 0.708. The van der Waals surface area contributed by atoms with E-state index in [-0.39, 0.29) is 30.1 Å². The molecule has 2 aliphatic rings. The third-order valence-electron chi connectivity index (χ3n) is 5.91. The van der Waals surface area contributed by atoms with Crippen LogP contribution in [0.3, 0.4) is 0 Å². The van der Waals surface area contributed by atoms with Gasteiger partial charge in [-0.2, -0.15) is 0 Å². The van der Waals surface area contributed by atoms with E-state index in [0.29, 0.717) is 0 Å². The summed E-state index contributed by atoms with van der Waals surface area (Å²) < 4.78 is 11.1. The predicted octanol–water partition coefficient (Wildman–Crippen LogP) is 3.64. The van der Waals surface area contributed by atoms with E-state index in [2.05, 4.69) is 58.6 Å². The van der Waals surface area contributed by atoms with Crippen LogP contribution in [0.2, 0.25) is 0 Å². The molecule has 0 aliphatic carbocycles. The summed E-state index contributed by atoms with van der Waals surface area (Å²) in [4.78, 5) is 6.91. The molecule has 2 N–H and O–H groups in total. The first-order valence-electron chi connectivity index (χ1n) is 11.6. The monoisotopic (exact) mass is 544 g/mol. The van der Waals surface area contributed by atoms with E-state index in [4.69, 9.17) is 9.47 Å². The first kappa shape index (κ1) is 26.4. The van der Waals surface area contributed by atoms with Crippen LogP contribution in [0, 0.1) is 11.8 Å². The van der Waals surface area contributed by atoms with Crippen LogP contribution in [0.15, 0.2) is 29.3 Å². The molecule has 0 radical (unpaired) electrons. The second-order valence-electron chi connectivity index (χ2n) is 9.02. The van der Waals surface area contributed by atoms with Gasteiger partial charge in [-0.05, 0) is 42.2 Å². The molecular formula is C24H41IN4O2. The molecule has 176 valence electrons. The number of likely N-dealkylation sites (tertiary alicyclic amines) is 1. The topological polar surface area (TPSA) is 58.1 Å². The van der Waals surface area contributed by atoms with Gasteiger partial charge in [-0.3, -0.25) is 9.89 Å². The highest BCUT2D eigenvalue weighted by atomic mass is 127. The number of hydrogen-bond acceptors (Lipinski definition) is 4. The van der Waals surface area contributed by atoms with Crippen molar-refractivity contribution in [1.29, 1.82) is 0 Å². The Morgan fingerprint density at radius 1 is 1.13 bits per heavy atom. The molecule has 0 saturated carbocycles. The van der Waals surface area contributed by atoms with Gasteiger partial charge in [0.15, 0.2) is 5.96 Å². The Kier molecular flexibility index (Phi) is 12.1. The lowest BCUT2D eigenvalue weighted by molar-refractivity contribution is 0.0420. The summed E-state index contributed by atoms with van der Waals surface area (Å²) >= 11 is 0. The Morgan fingerprint density at radius 2 is 1.84 bits per heavy atom. The number of nitrogens with one attached hydrogen (secondary N) is 2. The number of hydrogen-bond donors (Lipinski definition) is 2. The minimum atomic E-state index is 0. The van der Waals surface area contributed by atoms with Crippen LogP contribution in [0.25, 0.3) is 0 Å². The van der Waals surface area contributed by atoms with Crippen LogP contribution in [-0.4, -0.2) is 63.5 Å². The molecule has 3 atom stereocenters. The van der Waals surface area contributed by atoms with Crippen molar-refractivity contribution in [2.45, 2.75) is 52.3 Å². The Labute approximate surface area is 205 Å². The molecule has 1 aromatic rings. The van der Waals surface area contributed by atoms with Crippen LogP contribution in [0.5, 0.6) is 0 Å². The highest BCUT2D eigenvalue weighted by Crippen LogP contribution is 2.22. The molecule has 3 unspecified atom stereocenters. The maximum Gasteiger partial charge on any atom is 0.191 e. The van der Waals surface area contributed by atoms with Gasteiger partial charge < -0.3 is 20.1 Å².